The van der Waals surface area contributed by atoms with Gasteiger partial charge in [-0.15, -0.1) is 0 Å². The Morgan fingerprint density at radius 1 is 0.966 bits per heavy atom. The molecule has 1 saturated carbocycles. The number of anilines is 1. The summed E-state index contributed by atoms with van der Waals surface area (Å²) in [6.45, 7) is 9.40. The van der Waals surface area contributed by atoms with Gasteiger partial charge in [-0.2, -0.15) is 5.06 Å². The summed E-state index contributed by atoms with van der Waals surface area (Å²) in [6.07, 6.45) is 4.01. The van der Waals surface area contributed by atoms with Crippen molar-refractivity contribution in [3.63, 3.8) is 0 Å². The number of methoxy groups -OCH3 is 1. The van der Waals surface area contributed by atoms with E-state index in [1.807, 2.05) is 67.5 Å². The van der Waals surface area contributed by atoms with E-state index in [1.54, 1.807) is 12.2 Å². The number of hydroxylamine groups is 2. The Kier molecular flexibility index (Phi) is 13.9. The molecule has 0 unspecified atom stereocenters. The molecule has 0 bridgehead atoms. The van der Waals surface area contributed by atoms with Crippen LogP contribution in [0.25, 0.3) is 11.1 Å². The molecule has 316 valence electrons. The zero-order chi connectivity index (χ0) is 41.9. The van der Waals surface area contributed by atoms with Gasteiger partial charge in [-0.05, 0) is 86.4 Å². The first-order chi connectivity index (χ1) is 27.7. The first kappa shape index (κ1) is 43.6. The lowest BCUT2D eigenvalue weighted by atomic mass is 9.61. The second kappa shape index (κ2) is 18.5. The largest absolute Gasteiger partial charge is 0.496 e. The topological polar surface area (TPSA) is 118 Å². The number of likely N-dealkylation sites (N-methyl/N-ethyl adjacent to an activating group) is 1. The van der Waals surface area contributed by atoms with E-state index < -0.39 is 18.1 Å². The Labute approximate surface area is 346 Å². The van der Waals surface area contributed by atoms with Crippen LogP contribution in [0.4, 0.5) is 5.69 Å². The molecule has 3 aromatic carbocycles. The number of hydrogen-bond donors (Lipinski definition) is 3. The van der Waals surface area contributed by atoms with Crippen LogP contribution in [0.3, 0.4) is 0 Å². The molecule has 3 N–H and O–H groups in total. The van der Waals surface area contributed by atoms with Crippen molar-refractivity contribution in [1.82, 2.24) is 20.2 Å². The summed E-state index contributed by atoms with van der Waals surface area (Å²) in [6, 6.07) is 21.4. The number of ether oxygens (including phenoxy) is 1. The molecule has 0 spiro atoms. The van der Waals surface area contributed by atoms with Gasteiger partial charge in [0.25, 0.3) is 5.91 Å². The van der Waals surface area contributed by atoms with Crippen LogP contribution in [0.2, 0.25) is 0 Å². The molecule has 2 aliphatic heterocycles. The summed E-state index contributed by atoms with van der Waals surface area (Å²) in [7, 11) is 9.68. The number of para-hydroxylation sites is 1. The van der Waals surface area contributed by atoms with E-state index in [0.717, 1.165) is 66.6 Å². The molecule has 0 radical (unpaired) electrons. The van der Waals surface area contributed by atoms with Gasteiger partial charge in [0.2, 0.25) is 5.91 Å². The lowest BCUT2D eigenvalue weighted by Crippen LogP contribution is -2.55. The molecule has 58 heavy (non-hydrogen) atoms. The quantitative estimate of drug-likeness (QED) is 0.171. The molecular formula is C47H67N5O6. The Balaban J connectivity index is 1.33. The summed E-state index contributed by atoms with van der Waals surface area (Å²) in [5.74, 6) is 0.508. The molecule has 1 aliphatic carbocycles. The summed E-state index contributed by atoms with van der Waals surface area (Å²) in [5, 5.41) is 25.9. The van der Waals surface area contributed by atoms with Crippen molar-refractivity contribution >= 4 is 17.5 Å². The number of amides is 2. The van der Waals surface area contributed by atoms with E-state index >= 15 is 0 Å². The molecular weight excluding hydrogens is 731 g/mol. The van der Waals surface area contributed by atoms with Gasteiger partial charge in [-0.25, -0.2) is 0 Å². The van der Waals surface area contributed by atoms with E-state index in [4.69, 9.17) is 9.57 Å². The van der Waals surface area contributed by atoms with Crippen molar-refractivity contribution in [3.8, 4) is 16.9 Å². The third kappa shape index (κ3) is 8.94. The molecule has 2 amide bonds. The molecule has 6 rings (SSSR count). The number of benzene rings is 3. The fraction of sp³-hybridized carbons (Fsp3) is 0.574. The average molecular weight is 798 g/mol. The number of aliphatic hydroxyl groups is 2. The van der Waals surface area contributed by atoms with Crippen LogP contribution < -0.4 is 15.0 Å². The maximum atomic E-state index is 14.8. The highest BCUT2D eigenvalue weighted by molar-refractivity contribution is 5.98. The minimum atomic E-state index is -0.827. The van der Waals surface area contributed by atoms with Gasteiger partial charge in [-0.3, -0.25) is 14.4 Å². The highest BCUT2D eigenvalue weighted by Gasteiger charge is 2.49. The predicted octanol–water partition coefficient (Wildman–Crippen LogP) is 6.39. The lowest BCUT2D eigenvalue weighted by Gasteiger charge is -2.47. The fourth-order valence-corrected chi connectivity index (χ4v) is 10.4. The molecule has 3 aliphatic rings. The van der Waals surface area contributed by atoms with E-state index in [0.29, 0.717) is 17.2 Å². The minimum Gasteiger partial charge on any atom is -0.496 e. The zero-order valence-corrected chi connectivity index (χ0v) is 36.1. The number of aliphatic hydroxyl groups excluding tert-OH is 2. The molecule has 8 atom stereocenters. The van der Waals surface area contributed by atoms with Crippen molar-refractivity contribution in [2.45, 2.75) is 96.6 Å². The van der Waals surface area contributed by atoms with Gasteiger partial charge in [0.15, 0.2) is 0 Å². The Morgan fingerprint density at radius 3 is 2.34 bits per heavy atom. The van der Waals surface area contributed by atoms with Gasteiger partial charge in [0, 0.05) is 61.0 Å². The van der Waals surface area contributed by atoms with Gasteiger partial charge in [0.1, 0.15) is 17.9 Å². The average Bonchev–Trinajstić information content (AvgIpc) is 3.79. The number of hydrogen-bond acceptors (Lipinski definition) is 9. The van der Waals surface area contributed by atoms with Crippen molar-refractivity contribution < 1.29 is 29.4 Å². The van der Waals surface area contributed by atoms with Crippen LogP contribution in [-0.2, 0) is 16.2 Å². The summed E-state index contributed by atoms with van der Waals surface area (Å²) >= 11 is 0. The molecule has 0 aromatic heterocycles. The van der Waals surface area contributed by atoms with Crippen LogP contribution in [0.1, 0.15) is 87.3 Å². The number of carbonyl (C=O) groups is 2. The van der Waals surface area contributed by atoms with E-state index in [9.17, 15) is 19.8 Å². The predicted molar refractivity (Wildman–Crippen MR) is 229 cm³/mol. The standard InChI is InChI=1S/C47H67N5O6/c1-10-39-30(2)40(21-22-47(39,3)4)48-45(55)43-38(28-53)42(29-54)58-51(43)26-32-17-14-18-37(44(32)57-9)33-23-34(25-36(24-33)50(7)8)46(56)52-35(27-49(5)6)19-20-41(52)31-15-12-11-13-16-31/h11-18,23-25,30,35,38-43,53-54H,10,19-22,26-29H2,1-9H3,(H,48,55)/t30-,35-,38+,39-,40-,41+,42-,43-/m0/s1. The molecule has 11 nitrogen and oxygen atoms in total. The molecule has 2 heterocycles. The van der Waals surface area contributed by atoms with Crippen molar-refractivity contribution in [2.24, 2.45) is 23.2 Å². The van der Waals surface area contributed by atoms with Crippen molar-refractivity contribution in [2.75, 3.05) is 60.0 Å². The fourth-order valence-electron chi connectivity index (χ4n) is 10.4. The SMILES string of the molecule is CC[C@H]1[C@H](C)[C@@H](NC(=O)[C@@H]2[C@H](CO)[C@H](CO)ON2Cc2cccc(-c3cc(C(=O)N4[C@H](CN(C)C)CC[C@@H]4c4ccccc4)cc(N(C)C)c3)c2OC)CCC1(C)C. The minimum absolute atomic E-state index is 0.000260. The third-order valence-electron chi connectivity index (χ3n) is 13.4. The Hall–Kier alpha value is -4.00. The number of rotatable bonds is 14. The van der Waals surface area contributed by atoms with Crippen LogP contribution in [0, 0.1) is 23.2 Å². The number of likely N-dealkylation sites (tertiary alicyclic amines) is 1. The monoisotopic (exact) mass is 798 g/mol. The molecule has 11 heteroatoms. The number of nitrogens with one attached hydrogen (secondary N) is 1. The number of carbonyl (C=O) groups excluding carboxylic acids is 2. The van der Waals surface area contributed by atoms with Crippen molar-refractivity contribution in [3.05, 3.63) is 83.4 Å². The van der Waals surface area contributed by atoms with Gasteiger partial charge >= 0.3 is 0 Å². The van der Waals surface area contributed by atoms with Crippen LogP contribution in [0.15, 0.2) is 66.7 Å². The highest BCUT2D eigenvalue weighted by Crippen LogP contribution is 2.46. The third-order valence-corrected chi connectivity index (χ3v) is 13.4. The van der Waals surface area contributed by atoms with Crippen LogP contribution in [0.5, 0.6) is 5.75 Å². The van der Waals surface area contributed by atoms with Gasteiger partial charge < -0.3 is 35.0 Å². The smallest absolute Gasteiger partial charge is 0.254 e. The molecule has 3 fully saturated rings. The van der Waals surface area contributed by atoms with E-state index in [1.165, 1.54) is 0 Å². The zero-order valence-electron chi connectivity index (χ0n) is 36.1. The summed E-state index contributed by atoms with van der Waals surface area (Å²) in [4.78, 5) is 41.7. The van der Waals surface area contributed by atoms with Crippen molar-refractivity contribution in [1.29, 1.82) is 0 Å². The second-order valence-corrected chi connectivity index (χ2v) is 18.0. The summed E-state index contributed by atoms with van der Waals surface area (Å²) < 4.78 is 6.16. The second-order valence-electron chi connectivity index (χ2n) is 18.0. The van der Waals surface area contributed by atoms with Gasteiger partial charge in [-0.1, -0.05) is 82.6 Å². The Bertz CT molecular complexity index is 1870. The lowest BCUT2D eigenvalue weighted by molar-refractivity contribution is -0.182. The Morgan fingerprint density at radius 2 is 1.71 bits per heavy atom. The van der Waals surface area contributed by atoms with Crippen LogP contribution >= 0.6 is 0 Å². The first-order valence-corrected chi connectivity index (χ1v) is 21.2. The van der Waals surface area contributed by atoms with E-state index in [-0.39, 0.29) is 61.0 Å². The molecule has 3 aromatic rings. The maximum Gasteiger partial charge on any atom is 0.254 e. The van der Waals surface area contributed by atoms with E-state index in [2.05, 4.69) is 75.1 Å². The first-order valence-electron chi connectivity index (χ1n) is 21.2. The summed E-state index contributed by atoms with van der Waals surface area (Å²) in [5.41, 5.74) is 5.21. The maximum absolute atomic E-state index is 14.8. The van der Waals surface area contributed by atoms with Crippen LogP contribution in [-0.4, -0.2) is 116 Å². The highest BCUT2D eigenvalue weighted by atomic mass is 16.7. The normalized spacial score (nSPS) is 27.2. The van der Waals surface area contributed by atoms with Gasteiger partial charge in [0.05, 0.1) is 32.9 Å². The molecule has 2 saturated heterocycles. The number of nitrogens with zero attached hydrogens (tertiary/aromatic N) is 4.